The molecule has 2 rings (SSSR count). The van der Waals surface area contributed by atoms with Gasteiger partial charge in [0.2, 0.25) is 23.6 Å². The van der Waals surface area contributed by atoms with Crippen molar-refractivity contribution in [2.24, 2.45) is 23.3 Å². The highest BCUT2D eigenvalue weighted by atomic mass is 16.4. The summed E-state index contributed by atoms with van der Waals surface area (Å²) in [6, 6.07) is 1.39. The van der Waals surface area contributed by atoms with E-state index in [0.29, 0.717) is 44.2 Å². The smallest absolute Gasteiger partial charge is 0.326 e. The van der Waals surface area contributed by atoms with Crippen LogP contribution < -0.4 is 27.4 Å². The van der Waals surface area contributed by atoms with Crippen molar-refractivity contribution in [2.75, 3.05) is 13.1 Å². The Labute approximate surface area is 259 Å². The number of nitrogens with one attached hydrogen (secondary N) is 3. The number of hydrogen-bond acceptors (Lipinski definition) is 8. The van der Waals surface area contributed by atoms with Gasteiger partial charge in [0.05, 0.1) is 6.04 Å². The van der Waals surface area contributed by atoms with Crippen LogP contribution in [0.4, 0.5) is 0 Å². The van der Waals surface area contributed by atoms with Crippen molar-refractivity contribution in [3.8, 4) is 5.75 Å². The Balaban J connectivity index is 2.22. The molecule has 1 aromatic carbocycles. The van der Waals surface area contributed by atoms with Gasteiger partial charge in [0.25, 0.3) is 0 Å². The summed E-state index contributed by atoms with van der Waals surface area (Å²) in [6.45, 7) is 8.03. The number of nitrogens with zero attached hydrogens (tertiary/aromatic N) is 1. The number of carboxylic acids is 1. The van der Waals surface area contributed by atoms with Crippen LogP contribution in [0.2, 0.25) is 0 Å². The zero-order chi connectivity index (χ0) is 33.0. The maximum atomic E-state index is 13.9. The minimum absolute atomic E-state index is 0.0601. The molecule has 246 valence electrons. The lowest BCUT2D eigenvalue weighted by molar-refractivity contribution is -0.144. The maximum absolute atomic E-state index is 13.9. The first-order valence-electron chi connectivity index (χ1n) is 15.4. The molecule has 1 aliphatic heterocycles. The van der Waals surface area contributed by atoms with Crippen LogP contribution in [0.3, 0.4) is 0 Å². The number of unbranched alkanes of at least 4 members (excludes halogenated alkanes) is 1. The average Bonchev–Trinajstić information content (AvgIpc) is 3.45. The van der Waals surface area contributed by atoms with Crippen molar-refractivity contribution >= 4 is 29.6 Å². The van der Waals surface area contributed by atoms with Crippen LogP contribution in [-0.2, 0) is 30.4 Å². The van der Waals surface area contributed by atoms with E-state index in [0.717, 1.165) is 0 Å². The van der Waals surface area contributed by atoms with Crippen molar-refractivity contribution in [3.05, 3.63) is 29.8 Å². The second-order valence-corrected chi connectivity index (χ2v) is 12.3. The number of aromatic hydroxyl groups is 1. The second-order valence-electron chi connectivity index (χ2n) is 12.3. The lowest BCUT2D eigenvalue weighted by atomic mass is 10.0. The molecule has 1 fully saturated rings. The zero-order valence-electron chi connectivity index (χ0n) is 26.3. The maximum Gasteiger partial charge on any atom is 0.326 e. The molecule has 13 nitrogen and oxygen atoms in total. The molecule has 0 bridgehead atoms. The number of aliphatic carboxylic acids is 1. The first-order valence-corrected chi connectivity index (χ1v) is 15.4. The Morgan fingerprint density at radius 1 is 0.955 bits per heavy atom. The Bertz CT molecular complexity index is 1130. The molecule has 9 N–H and O–H groups in total. The standard InChI is InChI=1S/C31H50N6O7/c1-18(2)16-22(33)27(39)35-24(17-20-10-12-21(38)13-11-20)30(42)37-15-7-9-25(37)28(40)36-26(19(3)4)29(41)34-23(31(43)44)8-5-6-14-32/h10-13,18-19,22-26,38H,5-9,14-17,32-33H2,1-4H3,(H,34,41)(H,35,39)(H,36,40)(H,43,44). The largest absolute Gasteiger partial charge is 0.508 e. The molecule has 44 heavy (non-hydrogen) atoms. The SMILES string of the molecule is CC(C)CC(N)C(=O)NC(Cc1ccc(O)cc1)C(=O)N1CCCC1C(=O)NC(C(=O)NC(CCCCN)C(=O)O)C(C)C. The van der Waals surface area contributed by atoms with Crippen LogP contribution in [0, 0.1) is 11.8 Å². The predicted octanol–water partition coefficient (Wildman–Crippen LogP) is 0.623. The summed E-state index contributed by atoms with van der Waals surface area (Å²) in [5.74, 6) is -3.42. The van der Waals surface area contributed by atoms with Gasteiger partial charge in [-0.1, -0.05) is 39.8 Å². The molecular weight excluding hydrogens is 568 g/mol. The van der Waals surface area contributed by atoms with E-state index in [1.54, 1.807) is 26.0 Å². The monoisotopic (exact) mass is 618 g/mol. The number of phenolic OH excluding ortho intramolecular Hbond substituents is 1. The molecule has 0 aliphatic carbocycles. The molecule has 13 heteroatoms. The number of nitrogens with two attached hydrogens (primary N) is 2. The highest BCUT2D eigenvalue weighted by Gasteiger charge is 2.40. The molecule has 0 saturated carbocycles. The van der Waals surface area contributed by atoms with E-state index in [9.17, 15) is 34.2 Å². The number of carbonyl (C=O) groups excluding carboxylic acids is 4. The van der Waals surface area contributed by atoms with Crippen LogP contribution in [0.15, 0.2) is 24.3 Å². The van der Waals surface area contributed by atoms with E-state index in [4.69, 9.17) is 11.5 Å². The topological polar surface area (TPSA) is 217 Å². The highest BCUT2D eigenvalue weighted by Crippen LogP contribution is 2.21. The lowest BCUT2D eigenvalue weighted by Gasteiger charge is -2.31. The van der Waals surface area contributed by atoms with Crippen LogP contribution in [0.5, 0.6) is 5.75 Å². The number of benzene rings is 1. The Kier molecular flexibility index (Phi) is 14.6. The van der Waals surface area contributed by atoms with E-state index < -0.39 is 59.8 Å². The van der Waals surface area contributed by atoms with Gasteiger partial charge in [0, 0.05) is 13.0 Å². The Morgan fingerprint density at radius 3 is 2.16 bits per heavy atom. The first-order chi connectivity index (χ1) is 20.7. The van der Waals surface area contributed by atoms with Crippen molar-refractivity contribution in [3.63, 3.8) is 0 Å². The molecule has 5 atom stereocenters. The molecule has 0 aromatic heterocycles. The fraction of sp³-hybridized carbons (Fsp3) is 0.645. The molecular formula is C31H50N6O7. The quantitative estimate of drug-likeness (QED) is 0.122. The zero-order valence-corrected chi connectivity index (χ0v) is 26.3. The Morgan fingerprint density at radius 2 is 1.59 bits per heavy atom. The second kappa shape index (κ2) is 17.6. The van der Waals surface area contributed by atoms with E-state index >= 15 is 0 Å². The van der Waals surface area contributed by atoms with Gasteiger partial charge in [-0.05, 0) is 74.6 Å². The Hall–Kier alpha value is -3.71. The van der Waals surface area contributed by atoms with Gasteiger partial charge in [-0.15, -0.1) is 0 Å². The summed E-state index contributed by atoms with van der Waals surface area (Å²) in [6.07, 6.45) is 2.78. The predicted molar refractivity (Wildman–Crippen MR) is 165 cm³/mol. The molecule has 1 heterocycles. The average molecular weight is 619 g/mol. The minimum Gasteiger partial charge on any atom is -0.508 e. The van der Waals surface area contributed by atoms with Gasteiger partial charge in [0.15, 0.2) is 0 Å². The van der Waals surface area contributed by atoms with Gasteiger partial charge in [-0.25, -0.2) is 4.79 Å². The van der Waals surface area contributed by atoms with Crippen LogP contribution >= 0.6 is 0 Å². The molecule has 0 radical (unpaired) electrons. The lowest BCUT2D eigenvalue weighted by Crippen LogP contribution is -2.59. The van der Waals surface area contributed by atoms with Crippen molar-refractivity contribution in [1.29, 1.82) is 0 Å². The summed E-state index contributed by atoms with van der Waals surface area (Å²) in [4.78, 5) is 66.7. The van der Waals surface area contributed by atoms with Crippen molar-refractivity contribution < 1.29 is 34.2 Å². The van der Waals surface area contributed by atoms with E-state index in [-0.39, 0.29) is 37.0 Å². The fourth-order valence-electron chi connectivity index (χ4n) is 5.26. The third-order valence-electron chi connectivity index (χ3n) is 7.70. The van der Waals surface area contributed by atoms with E-state index in [1.165, 1.54) is 17.0 Å². The van der Waals surface area contributed by atoms with Gasteiger partial charge in [0.1, 0.15) is 29.9 Å². The number of phenols is 1. The number of rotatable bonds is 17. The third kappa shape index (κ3) is 11.1. The van der Waals surface area contributed by atoms with Gasteiger partial charge in [-0.3, -0.25) is 19.2 Å². The number of hydrogen-bond donors (Lipinski definition) is 7. The van der Waals surface area contributed by atoms with Gasteiger partial charge >= 0.3 is 5.97 Å². The number of carbonyl (C=O) groups is 5. The molecule has 0 spiro atoms. The van der Waals surface area contributed by atoms with Crippen molar-refractivity contribution in [1.82, 2.24) is 20.9 Å². The summed E-state index contributed by atoms with van der Waals surface area (Å²) in [5, 5.41) is 27.3. The van der Waals surface area contributed by atoms with Crippen LogP contribution in [0.1, 0.15) is 71.8 Å². The van der Waals surface area contributed by atoms with Gasteiger partial charge in [-0.2, -0.15) is 0 Å². The van der Waals surface area contributed by atoms with Crippen molar-refractivity contribution in [2.45, 2.75) is 103 Å². The molecule has 4 amide bonds. The minimum atomic E-state index is -1.17. The number of amides is 4. The van der Waals surface area contributed by atoms with Crippen LogP contribution in [0.25, 0.3) is 0 Å². The highest BCUT2D eigenvalue weighted by molar-refractivity contribution is 5.96. The van der Waals surface area contributed by atoms with Gasteiger partial charge < -0.3 is 42.5 Å². The fourth-order valence-corrected chi connectivity index (χ4v) is 5.26. The molecule has 1 aromatic rings. The normalized spacial score (nSPS) is 17.5. The summed E-state index contributed by atoms with van der Waals surface area (Å²) >= 11 is 0. The molecule has 1 saturated heterocycles. The third-order valence-corrected chi connectivity index (χ3v) is 7.70. The number of likely N-dealkylation sites (tertiary alicyclic amines) is 1. The molecule has 5 unspecified atom stereocenters. The van der Waals surface area contributed by atoms with Crippen LogP contribution in [-0.4, -0.2) is 88.0 Å². The number of carboxylic acid groups (broad SMARTS) is 1. The van der Waals surface area contributed by atoms with E-state index in [1.807, 2.05) is 13.8 Å². The molecule has 1 aliphatic rings. The summed E-state index contributed by atoms with van der Waals surface area (Å²) < 4.78 is 0. The summed E-state index contributed by atoms with van der Waals surface area (Å²) in [7, 11) is 0. The summed E-state index contributed by atoms with van der Waals surface area (Å²) in [5.41, 5.74) is 12.3. The van der Waals surface area contributed by atoms with E-state index in [2.05, 4.69) is 16.0 Å². The first kappa shape index (κ1) is 36.5.